The maximum Gasteiger partial charge on any atom is 0.242 e. The lowest BCUT2D eigenvalue weighted by Crippen LogP contribution is -2.47. The van der Waals surface area contributed by atoms with Crippen LogP contribution in [0.4, 0.5) is 5.69 Å². The first-order valence-electron chi connectivity index (χ1n) is 11.1. The number of carbonyl (C=O) groups is 3. The number of likely N-dealkylation sites (tertiary alicyclic amines) is 2. The van der Waals surface area contributed by atoms with Gasteiger partial charge in [-0.3, -0.25) is 14.4 Å². The Bertz CT molecular complexity index is 989. The molecule has 168 valence electrons. The van der Waals surface area contributed by atoms with Crippen molar-refractivity contribution in [2.75, 3.05) is 38.6 Å². The van der Waals surface area contributed by atoms with E-state index in [1.807, 2.05) is 48.5 Å². The quantitative estimate of drug-likeness (QED) is 0.756. The lowest BCUT2D eigenvalue weighted by atomic mass is 9.96. The van der Waals surface area contributed by atoms with E-state index in [2.05, 4.69) is 5.32 Å². The van der Waals surface area contributed by atoms with Gasteiger partial charge in [-0.05, 0) is 54.7 Å². The summed E-state index contributed by atoms with van der Waals surface area (Å²) in [5.41, 5.74) is 2.81. The number of rotatable bonds is 6. The van der Waals surface area contributed by atoms with Gasteiger partial charge in [-0.1, -0.05) is 24.3 Å². The normalized spacial score (nSPS) is 18.5. The van der Waals surface area contributed by atoms with Gasteiger partial charge in [-0.25, -0.2) is 0 Å². The molecule has 2 aromatic rings. The predicted octanol–water partition coefficient (Wildman–Crippen LogP) is 3.16. The van der Waals surface area contributed by atoms with Crippen molar-refractivity contribution in [1.82, 2.24) is 9.80 Å². The number of nitrogens with one attached hydrogen (secondary N) is 1. The van der Waals surface area contributed by atoms with Gasteiger partial charge in [0.05, 0.1) is 19.6 Å². The molecule has 3 amide bonds. The number of benzene rings is 2. The SMILES string of the molecule is COc1cccc(-c2ccc(NC(=O)C3CCCN(C(=O)CN4CCCC4=O)C3)cc2)c1. The van der Waals surface area contributed by atoms with Gasteiger partial charge in [-0.15, -0.1) is 0 Å². The summed E-state index contributed by atoms with van der Waals surface area (Å²) in [4.78, 5) is 40.6. The molecular weight excluding hydrogens is 406 g/mol. The Morgan fingerprint density at radius 1 is 1.06 bits per heavy atom. The second kappa shape index (κ2) is 9.85. The fourth-order valence-electron chi connectivity index (χ4n) is 4.35. The highest BCUT2D eigenvalue weighted by Crippen LogP contribution is 2.26. The van der Waals surface area contributed by atoms with Crippen molar-refractivity contribution in [1.29, 1.82) is 0 Å². The molecule has 7 nitrogen and oxygen atoms in total. The highest BCUT2D eigenvalue weighted by molar-refractivity contribution is 5.93. The van der Waals surface area contributed by atoms with E-state index in [9.17, 15) is 14.4 Å². The monoisotopic (exact) mass is 435 g/mol. The zero-order valence-electron chi connectivity index (χ0n) is 18.4. The fourth-order valence-corrected chi connectivity index (χ4v) is 4.35. The molecule has 2 heterocycles. The van der Waals surface area contributed by atoms with Crippen molar-refractivity contribution in [2.24, 2.45) is 5.92 Å². The van der Waals surface area contributed by atoms with E-state index in [1.54, 1.807) is 16.9 Å². The molecule has 0 radical (unpaired) electrons. The minimum Gasteiger partial charge on any atom is -0.497 e. The van der Waals surface area contributed by atoms with Gasteiger partial charge in [0, 0.05) is 31.7 Å². The zero-order valence-corrected chi connectivity index (χ0v) is 18.4. The molecule has 1 unspecified atom stereocenters. The number of ether oxygens (including phenoxy) is 1. The summed E-state index contributed by atoms with van der Waals surface area (Å²) >= 11 is 0. The number of carbonyl (C=O) groups excluding carboxylic acids is 3. The van der Waals surface area contributed by atoms with Crippen molar-refractivity contribution in [3.05, 3.63) is 48.5 Å². The van der Waals surface area contributed by atoms with Crippen LogP contribution in [0.1, 0.15) is 25.7 Å². The molecule has 4 rings (SSSR count). The third-order valence-electron chi connectivity index (χ3n) is 6.20. The topological polar surface area (TPSA) is 79.0 Å². The van der Waals surface area contributed by atoms with Crippen molar-refractivity contribution in [3.8, 4) is 16.9 Å². The van der Waals surface area contributed by atoms with Crippen LogP contribution >= 0.6 is 0 Å². The molecule has 2 aliphatic heterocycles. The Morgan fingerprint density at radius 3 is 2.59 bits per heavy atom. The molecule has 0 aromatic heterocycles. The van der Waals surface area contributed by atoms with Gasteiger partial charge in [-0.2, -0.15) is 0 Å². The maximum atomic E-state index is 12.8. The first kappa shape index (κ1) is 21.9. The molecule has 0 aliphatic carbocycles. The largest absolute Gasteiger partial charge is 0.497 e. The van der Waals surface area contributed by atoms with Crippen molar-refractivity contribution in [3.63, 3.8) is 0 Å². The highest BCUT2D eigenvalue weighted by atomic mass is 16.5. The summed E-state index contributed by atoms with van der Waals surface area (Å²) in [6.07, 6.45) is 2.87. The van der Waals surface area contributed by atoms with Gasteiger partial charge in [0.2, 0.25) is 17.7 Å². The molecule has 2 aliphatic rings. The average Bonchev–Trinajstić information content (AvgIpc) is 3.23. The van der Waals surface area contributed by atoms with Crippen molar-refractivity contribution < 1.29 is 19.1 Å². The summed E-state index contributed by atoms with van der Waals surface area (Å²) < 4.78 is 5.28. The summed E-state index contributed by atoms with van der Waals surface area (Å²) in [6, 6.07) is 15.5. The van der Waals surface area contributed by atoms with Gasteiger partial charge >= 0.3 is 0 Å². The van der Waals surface area contributed by atoms with E-state index in [0.29, 0.717) is 26.1 Å². The Kier molecular flexibility index (Phi) is 6.73. The molecule has 0 saturated carbocycles. The highest BCUT2D eigenvalue weighted by Gasteiger charge is 2.30. The Balaban J connectivity index is 1.33. The average molecular weight is 436 g/mol. The van der Waals surface area contributed by atoms with Gasteiger partial charge in [0.15, 0.2) is 0 Å². The fraction of sp³-hybridized carbons (Fsp3) is 0.400. The molecule has 7 heteroatoms. The van der Waals surface area contributed by atoms with E-state index < -0.39 is 0 Å². The summed E-state index contributed by atoms with van der Waals surface area (Å²) in [5, 5.41) is 2.99. The molecule has 0 spiro atoms. The number of hydrogen-bond donors (Lipinski definition) is 1. The third-order valence-corrected chi connectivity index (χ3v) is 6.20. The zero-order chi connectivity index (χ0) is 22.5. The first-order chi connectivity index (χ1) is 15.5. The number of anilines is 1. The third kappa shape index (κ3) is 5.10. The molecule has 2 saturated heterocycles. The second-order valence-electron chi connectivity index (χ2n) is 8.40. The van der Waals surface area contributed by atoms with Crippen LogP contribution in [0.2, 0.25) is 0 Å². The number of nitrogens with zero attached hydrogens (tertiary/aromatic N) is 2. The standard InChI is InChI=1S/C25H29N3O4/c1-32-22-7-2-5-19(15-22)18-9-11-21(12-10-18)26-25(31)20-6-3-13-27(16-20)24(30)17-28-14-4-8-23(28)29/h2,5,7,9-12,15,20H,3-4,6,8,13-14,16-17H2,1H3,(H,26,31). The van der Waals surface area contributed by atoms with Crippen LogP contribution in [0.15, 0.2) is 48.5 Å². The van der Waals surface area contributed by atoms with Gasteiger partial charge < -0.3 is 19.9 Å². The molecule has 2 aromatic carbocycles. The van der Waals surface area contributed by atoms with Crippen LogP contribution in [-0.2, 0) is 14.4 Å². The van der Waals surface area contributed by atoms with Gasteiger partial charge in [0.1, 0.15) is 5.75 Å². The second-order valence-corrected chi connectivity index (χ2v) is 8.40. The van der Waals surface area contributed by atoms with E-state index in [0.717, 1.165) is 41.8 Å². The van der Waals surface area contributed by atoms with E-state index in [-0.39, 0.29) is 30.2 Å². The van der Waals surface area contributed by atoms with E-state index in [4.69, 9.17) is 4.74 Å². The molecule has 1 N–H and O–H groups in total. The Hall–Kier alpha value is -3.35. The van der Waals surface area contributed by atoms with Crippen molar-refractivity contribution >= 4 is 23.4 Å². The smallest absolute Gasteiger partial charge is 0.242 e. The molecule has 0 bridgehead atoms. The molecule has 1 atom stereocenters. The molecular formula is C25H29N3O4. The van der Waals surface area contributed by atoms with Crippen molar-refractivity contribution in [2.45, 2.75) is 25.7 Å². The number of methoxy groups -OCH3 is 1. The van der Waals surface area contributed by atoms with Crippen LogP contribution < -0.4 is 10.1 Å². The Labute approximate surface area is 188 Å². The lowest BCUT2D eigenvalue weighted by Gasteiger charge is -2.33. The number of amides is 3. The van der Waals surface area contributed by atoms with Crippen LogP contribution in [0.25, 0.3) is 11.1 Å². The van der Waals surface area contributed by atoms with Crippen LogP contribution in [0, 0.1) is 5.92 Å². The number of piperidine rings is 1. The molecule has 2 fully saturated rings. The van der Waals surface area contributed by atoms with Gasteiger partial charge in [0.25, 0.3) is 0 Å². The van der Waals surface area contributed by atoms with Crippen LogP contribution in [-0.4, -0.2) is 60.8 Å². The number of hydrogen-bond acceptors (Lipinski definition) is 4. The van der Waals surface area contributed by atoms with Crippen LogP contribution in [0.5, 0.6) is 5.75 Å². The summed E-state index contributed by atoms with van der Waals surface area (Å²) in [5.74, 6) is 0.446. The Morgan fingerprint density at radius 2 is 1.88 bits per heavy atom. The summed E-state index contributed by atoms with van der Waals surface area (Å²) in [6.45, 7) is 1.81. The maximum absolute atomic E-state index is 12.8. The first-order valence-corrected chi connectivity index (χ1v) is 11.1. The van der Waals surface area contributed by atoms with E-state index >= 15 is 0 Å². The predicted molar refractivity (Wildman–Crippen MR) is 122 cm³/mol. The summed E-state index contributed by atoms with van der Waals surface area (Å²) in [7, 11) is 1.64. The van der Waals surface area contributed by atoms with E-state index in [1.165, 1.54) is 0 Å². The molecule has 32 heavy (non-hydrogen) atoms. The minimum absolute atomic E-state index is 0.0436. The van der Waals surface area contributed by atoms with Crippen LogP contribution in [0.3, 0.4) is 0 Å². The minimum atomic E-state index is -0.250. The lowest BCUT2D eigenvalue weighted by molar-refractivity contribution is -0.140.